The highest BCUT2D eigenvalue weighted by atomic mass is 127. The molecule has 23 heavy (non-hydrogen) atoms. The lowest BCUT2D eigenvalue weighted by atomic mass is 10.1. The quantitative estimate of drug-likeness (QED) is 0.589. The van der Waals surface area contributed by atoms with Crippen molar-refractivity contribution in [1.29, 1.82) is 0 Å². The topological polar surface area (TPSA) is 63.2 Å². The van der Waals surface area contributed by atoms with Crippen LogP contribution in [0.2, 0.25) is 0 Å². The highest BCUT2D eigenvalue weighted by Crippen LogP contribution is 2.35. The SMILES string of the molecule is CCC(=O)CNS(=O)(=O)c1ccc2sc3cc(I)ccc3c2c1. The van der Waals surface area contributed by atoms with E-state index in [1.807, 2.05) is 18.2 Å². The van der Waals surface area contributed by atoms with Crippen molar-refractivity contribution in [3.63, 3.8) is 0 Å². The van der Waals surface area contributed by atoms with E-state index in [-0.39, 0.29) is 17.2 Å². The number of hydrogen-bond donors (Lipinski definition) is 1. The first kappa shape index (κ1) is 16.8. The number of sulfonamides is 1. The third-order valence-electron chi connectivity index (χ3n) is 3.57. The monoisotopic (exact) mass is 459 g/mol. The highest BCUT2D eigenvalue weighted by molar-refractivity contribution is 14.1. The zero-order chi connectivity index (χ0) is 16.6. The number of carbonyl (C=O) groups is 1. The maximum Gasteiger partial charge on any atom is 0.240 e. The number of ketones is 1. The number of Topliss-reactive ketones (excluding diaryl/α,β-unsaturated/α-hetero) is 1. The Morgan fingerprint density at radius 3 is 2.65 bits per heavy atom. The molecular formula is C16H14INO3S2. The van der Waals surface area contributed by atoms with E-state index in [2.05, 4.69) is 33.4 Å². The van der Waals surface area contributed by atoms with Gasteiger partial charge in [0.25, 0.3) is 0 Å². The van der Waals surface area contributed by atoms with Crippen molar-refractivity contribution in [2.75, 3.05) is 6.54 Å². The third-order valence-corrected chi connectivity index (χ3v) is 6.77. The van der Waals surface area contributed by atoms with Crippen LogP contribution in [0.25, 0.3) is 20.2 Å². The van der Waals surface area contributed by atoms with Gasteiger partial charge in [0.2, 0.25) is 10.0 Å². The molecule has 3 aromatic rings. The first-order valence-electron chi connectivity index (χ1n) is 7.04. The lowest BCUT2D eigenvalue weighted by Crippen LogP contribution is -2.29. The number of rotatable bonds is 5. The molecule has 0 saturated carbocycles. The Bertz CT molecular complexity index is 1010. The maximum absolute atomic E-state index is 12.3. The number of halogens is 1. The lowest BCUT2D eigenvalue weighted by Gasteiger charge is -2.06. The molecule has 3 rings (SSSR count). The molecular weight excluding hydrogens is 445 g/mol. The summed E-state index contributed by atoms with van der Waals surface area (Å²) in [5.41, 5.74) is 0. The molecule has 0 saturated heterocycles. The second-order valence-electron chi connectivity index (χ2n) is 5.12. The molecule has 2 aromatic carbocycles. The summed E-state index contributed by atoms with van der Waals surface area (Å²) in [6, 6.07) is 11.2. The van der Waals surface area contributed by atoms with Crippen molar-refractivity contribution in [1.82, 2.24) is 4.72 Å². The fraction of sp³-hybridized carbons (Fsp3) is 0.188. The van der Waals surface area contributed by atoms with Gasteiger partial charge in [0, 0.05) is 30.2 Å². The van der Waals surface area contributed by atoms with Crippen LogP contribution in [-0.4, -0.2) is 20.7 Å². The van der Waals surface area contributed by atoms with Crippen LogP contribution >= 0.6 is 33.9 Å². The van der Waals surface area contributed by atoms with Crippen molar-refractivity contribution in [3.8, 4) is 0 Å². The van der Waals surface area contributed by atoms with Crippen LogP contribution in [-0.2, 0) is 14.8 Å². The van der Waals surface area contributed by atoms with Crippen molar-refractivity contribution < 1.29 is 13.2 Å². The van der Waals surface area contributed by atoms with Crippen LogP contribution in [0.5, 0.6) is 0 Å². The van der Waals surface area contributed by atoms with Crippen molar-refractivity contribution in [3.05, 3.63) is 40.0 Å². The number of nitrogens with one attached hydrogen (secondary N) is 1. The van der Waals surface area contributed by atoms with Gasteiger partial charge in [0.15, 0.2) is 0 Å². The Morgan fingerprint density at radius 2 is 1.91 bits per heavy atom. The first-order valence-corrected chi connectivity index (χ1v) is 10.4. The fourth-order valence-electron chi connectivity index (χ4n) is 2.28. The summed E-state index contributed by atoms with van der Waals surface area (Å²) in [6.07, 6.45) is 0.315. The zero-order valence-corrected chi connectivity index (χ0v) is 16.1. The average Bonchev–Trinajstić information content (AvgIpc) is 2.89. The molecule has 0 spiro atoms. The van der Waals surface area contributed by atoms with Crippen molar-refractivity contribution in [2.24, 2.45) is 0 Å². The number of fused-ring (bicyclic) bond motifs is 3. The van der Waals surface area contributed by atoms with E-state index >= 15 is 0 Å². The third kappa shape index (κ3) is 3.42. The number of carbonyl (C=O) groups excluding carboxylic acids is 1. The summed E-state index contributed by atoms with van der Waals surface area (Å²) in [7, 11) is -3.68. The molecule has 7 heteroatoms. The molecule has 0 unspecified atom stereocenters. The predicted molar refractivity (Wildman–Crippen MR) is 103 cm³/mol. The van der Waals surface area contributed by atoms with E-state index in [4.69, 9.17) is 0 Å². The maximum atomic E-state index is 12.3. The van der Waals surface area contributed by atoms with Crippen molar-refractivity contribution >= 4 is 69.9 Å². The Balaban J connectivity index is 2.05. The predicted octanol–water partition coefficient (Wildman–Crippen LogP) is 3.92. The minimum Gasteiger partial charge on any atom is -0.298 e. The van der Waals surface area contributed by atoms with Crippen LogP contribution in [0.15, 0.2) is 41.3 Å². The molecule has 0 bridgehead atoms. The van der Waals surface area contributed by atoms with Gasteiger partial charge >= 0.3 is 0 Å². The molecule has 120 valence electrons. The number of benzene rings is 2. The molecule has 1 N–H and O–H groups in total. The van der Waals surface area contributed by atoms with Gasteiger partial charge in [0.05, 0.1) is 11.4 Å². The number of hydrogen-bond acceptors (Lipinski definition) is 4. The van der Waals surface area contributed by atoms with E-state index in [0.29, 0.717) is 6.42 Å². The lowest BCUT2D eigenvalue weighted by molar-refractivity contribution is -0.117. The van der Waals surface area contributed by atoms with E-state index in [0.717, 1.165) is 23.7 Å². The molecule has 4 nitrogen and oxygen atoms in total. The fourth-order valence-corrected chi connectivity index (χ4v) is 5.15. The molecule has 0 aliphatic heterocycles. The highest BCUT2D eigenvalue weighted by Gasteiger charge is 2.17. The summed E-state index contributed by atoms with van der Waals surface area (Å²) in [5.74, 6) is -0.134. The van der Waals surface area contributed by atoms with Gasteiger partial charge in [-0.05, 0) is 52.9 Å². The van der Waals surface area contributed by atoms with Crippen LogP contribution in [0.3, 0.4) is 0 Å². The zero-order valence-electron chi connectivity index (χ0n) is 12.3. The molecule has 0 aliphatic rings. The summed E-state index contributed by atoms with van der Waals surface area (Å²) in [4.78, 5) is 11.5. The molecule has 1 aromatic heterocycles. The van der Waals surface area contributed by atoms with Crippen LogP contribution < -0.4 is 4.72 Å². The Kier molecular flexibility index (Phi) is 4.73. The van der Waals surface area contributed by atoms with Gasteiger partial charge in [-0.1, -0.05) is 13.0 Å². The van der Waals surface area contributed by atoms with E-state index in [1.165, 1.54) is 0 Å². The molecule has 0 fully saturated rings. The minimum atomic E-state index is -3.68. The molecule has 0 amide bonds. The molecule has 0 aliphatic carbocycles. The molecule has 1 heterocycles. The largest absolute Gasteiger partial charge is 0.298 e. The van der Waals surface area contributed by atoms with Crippen molar-refractivity contribution in [2.45, 2.75) is 18.2 Å². The first-order chi connectivity index (χ1) is 10.9. The smallest absolute Gasteiger partial charge is 0.240 e. The second-order valence-corrected chi connectivity index (χ2v) is 9.21. The van der Waals surface area contributed by atoms with Gasteiger partial charge in [-0.25, -0.2) is 13.1 Å². The second kappa shape index (κ2) is 6.46. The van der Waals surface area contributed by atoms with E-state index in [1.54, 1.807) is 30.4 Å². The summed E-state index contributed by atoms with van der Waals surface area (Å²) < 4.78 is 30.4. The Labute approximate surface area is 152 Å². The standard InChI is InChI=1S/C16H14INO3S2/c1-2-11(19)9-18-23(20,21)12-4-6-15-14(8-12)13-5-3-10(17)7-16(13)22-15/h3-8,18H,2,9H2,1H3. The molecule has 0 radical (unpaired) electrons. The Hall–Kier alpha value is -1.03. The van der Waals surface area contributed by atoms with Gasteiger partial charge in [-0.2, -0.15) is 0 Å². The minimum absolute atomic E-state index is 0.134. The molecule has 0 atom stereocenters. The van der Waals surface area contributed by atoms with E-state index < -0.39 is 10.0 Å². The van der Waals surface area contributed by atoms with Crippen LogP contribution in [0, 0.1) is 3.57 Å². The summed E-state index contributed by atoms with van der Waals surface area (Å²) >= 11 is 3.90. The van der Waals surface area contributed by atoms with Crippen LogP contribution in [0.4, 0.5) is 0 Å². The normalized spacial score (nSPS) is 12.1. The van der Waals surface area contributed by atoms with Gasteiger partial charge in [-0.3, -0.25) is 4.79 Å². The van der Waals surface area contributed by atoms with E-state index in [9.17, 15) is 13.2 Å². The Morgan fingerprint density at radius 1 is 1.13 bits per heavy atom. The number of thiophene rings is 1. The average molecular weight is 459 g/mol. The van der Waals surface area contributed by atoms with Gasteiger partial charge in [-0.15, -0.1) is 11.3 Å². The van der Waals surface area contributed by atoms with Crippen LogP contribution in [0.1, 0.15) is 13.3 Å². The summed E-state index contributed by atoms with van der Waals surface area (Å²) in [5, 5.41) is 1.97. The van der Waals surface area contributed by atoms with Gasteiger partial charge < -0.3 is 0 Å². The van der Waals surface area contributed by atoms with Gasteiger partial charge in [0.1, 0.15) is 5.78 Å². The summed E-state index contributed by atoms with van der Waals surface area (Å²) in [6.45, 7) is 1.54.